The third-order valence-electron chi connectivity index (χ3n) is 4.53. The third kappa shape index (κ3) is 2.83. The van der Waals surface area contributed by atoms with Crippen molar-refractivity contribution in [2.24, 2.45) is 0 Å². The monoisotopic (exact) mass is 347 g/mol. The molecule has 6 heteroatoms. The fraction of sp³-hybridized carbons (Fsp3) is 0.250. The Labute approximate surface area is 152 Å². The van der Waals surface area contributed by atoms with E-state index < -0.39 is 0 Å². The highest BCUT2D eigenvalue weighted by atomic mass is 16.5. The maximum absolute atomic E-state index is 5.51. The zero-order valence-electron chi connectivity index (χ0n) is 15.0. The van der Waals surface area contributed by atoms with Gasteiger partial charge >= 0.3 is 0 Å². The molecule has 0 fully saturated rings. The molecule has 4 aromatic rings. The Morgan fingerprint density at radius 2 is 1.88 bits per heavy atom. The number of fused-ring (bicyclic) bond motifs is 1. The summed E-state index contributed by atoms with van der Waals surface area (Å²) in [6, 6.07) is 12.3. The average molecular weight is 347 g/mol. The highest BCUT2D eigenvalue weighted by molar-refractivity contribution is 5.98. The Morgan fingerprint density at radius 3 is 2.69 bits per heavy atom. The lowest BCUT2D eigenvalue weighted by Crippen LogP contribution is -2.09. The topological polar surface area (TPSA) is 57.8 Å². The van der Waals surface area contributed by atoms with Crippen LogP contribution in [0.15, 0.2) is 55.1 Å². The van der Waals surface area contributed by atoms with Gasteiger partial charge in [0.2, 0.25) is 0 Å². The fourth-order valence-corrected chi connectivity index (χ4v) is 3.31. The van der Waals surface area contributed by atoms with E-state index >= 15 is 0 Å². The number of hydrogen-bond acceptors (Lipinski definition) is 4. The standard InChI is InChI=1S/C20H21N5O/c1-3-11-25-14-22-23-19(25)13-24-12-10-21-20(24)17-8-9-18(26-2)16-7-5-4-6-15(16)17/h4-10,12,14H,3,11,13H2,1-2H3. The van der Waals surface area contributed by atoms with Gasteiger partial charge in [-0.1, -0.05) is 31.2 Å². The molecule has 0 saturated heterocycles. The Bertz CT molecular complexity index is 1030. The lowest BCUT2D eigenvalue weighted by atomic mass is 10.0. The fourth-order valence-electron chi connectivity index (χ4n) is 3.31. The van der Waals surface area contributed by atoms with Crippen molar-refractivity contribution < 1.29 is 4.74 Å². The van der Waals surface area contributed by atoms with Crippen LogP contribution in [0.4, 0.5) is 0 Å². The van der Waals surface area contributed by atoms with Gasteiger partial charge in [-0.25, -0.2) is 4.98 Å². The number of imidazole rings is 1. The molecule has 0 spiro atoms. The SMILES string of the molecule is CCCn1cnnc1Cn1ccnc1-c1ccc(OC)c2ccccc12. The second-order valence-corrected chi connectivity index (χ2v) is 6.18. The molecular weight excluding hydrogens is 326 g/mol. The van der Waals surface area contributed by atoms with E-state index in [-0.39, 0.29) is 0 Å². The Hall–Kier alpha value is -3.15. The minimum Gasteiger partial charge on any atom is -0.496 e. The van der Waals surface area contributed by atoms with Crippen molar-refractivity contribution in [3.05, 3.63) is 60.9 Å². The van der Waals surface area contributed by atoms with E-state index in [1.165, 1.54) is 0 Å². The molecule has 6 nitrogen and oxygen atoms in total. The summed E-state index contributed by atoms with van der Waals surface area (Å²) in [6.45, 7) is 3.70. The first-order chi connectivity index (χ1) is 12.8. The highest BCUT2D eigenvalue weighted by Gasteiger charge is 2.14. The van der Waals surface area contributed by atoms with E-state index in [0.717, 1.165) is 46.7 Å². The van der Waals surface area contributed by atoms with Crippen LogP contribution in [-0.2, 0) is 13.1 Å². The van der Waals surface area contributed by atoms with Crippen LogP contribution in [0.5, 0.6) is 5.75 Å². The van der Waals surface area contributed by atoms with Crippen molar-refractivity contribution in [2.75, 3.05) is 7.11 Å². The quantitative estimate of drug-likeness (QED) is 0.533. The van der Waals surface area contributed by atoms with Gasteiger partial charge in [-0.2, -0.15) is 0 Å². The summed E-state index contributed by atoms with van der Waals surface area (Å²) in [5, 5.41) is 10.5. The molecule has 0 bridgehead atoms. The molecule has 0 aliphatic carbocycles. The van der Waals surface area contributed by atoms with Crippen LogP contribution >= 0.6 is 0 Å². The summed E-state index contributed by atoms with van der Waals surface area (Å²) in [6.07, 6.45) is 6.65. The Balaban J connectivity index is 1.78. The molecule has 0 aliphatic heterocycles. The molecule has 2 aromatic carbocycles. The van der Waals surface area contributed by atoms with Crippen LogP contribution < -0.4 is 4.74 Å². The van der Waals surface area contributed by atoms with Gasteiger partial charge in [-0.05, 0) is 23.9 Å². The highest BCUT2D eigenvalue weighted by Crippen LogP contribution is 2.33. The van der Waals surface area contributed by atoms with Crippen LogP contribution in [0.25, 0.3) is 22.2 Å². The van der Waals surface area contributed by atoms with Gasteiger partial charge in [0.25, 0.3) is 0 Å². The molecule has 0 aliphatic rings. The van der Waals surface area contributed by atoms with Crippen molar-refractivity contribution in [1.29, 1.82) is 0 Å². The van der Waals surface area contributed by atoms with Gasteiger partial charge in [-0.3, -0.25) is 0 Å². The molecule has 0 N–H and O–H groups in total. The summed E-state index contributed by atoms with van der Waals surface area (Å²) in [4.78, 5) is 4.61. The zero-order valence-corrected chi connectivity index (χ0v) is 15.0. The van der Waals surface area contributed by atoms with E-state index in [1.54, 1.807) is 13.4 Å². The number of hydrogen-bond donors (Lipinski definition) is 0. The smallest absolute Gasteiger partial charge is 0.152 e. The first kappa shape index (κ1) is 16.3. The second kappa shape index (κ2) is 7.00. The predicted molar refractivity (Wildman–Crippen MR) is 101 cm³/mol. The largest absolute Gasteiger partial charge is 0.496 e. The van der Waals surface area contributed by atoms with Crippen LogP contribution in [0.2, 0.25) is 0 Å². The lowest BCUT2D eigenvalue weighted by molar-refractivity contribution is 0.420. The average Bonchev–Trinajstić information content (AvgIpc) is 3.31. The summed E-state index contributed by atoms with van der Waals surface area (Å²) in [5.41, 5.74) is 1.08. The minimum atomic E-state index is 0.635. The van der Waals surface area contributed by atoms with Crippen molar-refractivity contribution in [2.45, 2.75) is 26.4 Å². The molecule has 132 valence electrons. The predicted octanol–water partition coefficient (Wildman–Crippen LogP) is 3.76. The van der Waals surface area contributed by atoms with Crippen molar-refractivity contribution >= 4 is 10.8 Å². The van der Waals surface area contributed by atoms with Gasteiger partial charge < -0.3 is 13.9 Å². The molecule has 0 saturated carbocycles. The maximum Gasteiger partial charge on any atom is 0.152 e. The van der Waals surface area contributed by atoms with Crippen LogP contribution in [0.1, 0.15) is 19.2 Å². The Morgan fingerprint density at radius 1 is 1.04 bits per heavy atom. The van der Waals surface area contributed by atoms with Crippen molar-refractivity contribution in [1.82, 2.24) is 24.3 Å². The van der Waals surface area contributed by atoms with E-state index in [4.69, 9.17) is 4.74 Å². The summed E-state index contributed by atoms with van der Waals surface area (Å²) < 4.78 is 9.72. The Kier molecular flexibility index (Phi) is 4.39. The van der Waals surface area contributed by atoms with Gasteiger partial charge in [0.05, 0.1) is 13.7 Å². The van der Waals surface area contributed by atoms with Crippen LogP contribution in [-0.4, -0.2) is 31.4 Å². The molecule has 4 rings (SSSR count). The second-order valence-electron chi connectivity index (χ2n) is 6.18. The molecule has 26 heavy (non-hydrogen) atoms. The molecule has 0 radical (unpaired) electrons. The van der Waals surface area contributed by atoms with Gasteiger partial charge in [0.1, 0.15) is 17.9 Å². The number of aromatic nitrogens is 5. The van der Waals surface area contributed by atoms with Crippen LogP contribution in [0.3, 0.4) is 0 Å². The molecule has 2 heterocycles. The summed E-state index contributed by atoms with van der Waals surface area (Å²) in [7, 11) is 1.70. The minimum absolute atomic E-state index is 0.635. The molecule has 0 unspecified atom stereocenters. The first-order valence-corrected chi connectivity index (χ1v) is 8.75. The summed E-state index contributed by atoms with van der Waals surface area (Å²) in [5.74, 6) is 2.71. The zero-order chi connectivity index (χ0) is 17.9. The van der Waals surface area contributed by atoms with Gasteiger partial charge in [0.15, 0.2) is 5.82 Å². The molecular formula is C20H21N5O. The molecule has 0 atom stereocenters. The van der Waals surface area contributed by atoms with E-state index in [1.807, 2.05) is 30.6 Å². The third-order valence-corrected chi connectivity index (χ3v) is 4.53. The lowest BCUT2D eigenvalue weighted by Gasteiger charge is -2.12. The number of ether oxygens (including phenoxy) is 1. The maximum atomic E-state index is 5.51. The number of benzene rings is 2. The van der Waals surface area contributed by atoms with Gasteiger partial charge in [-0.15, -0.1) is 10.2 Å². The summed E-state index contributed by atoms with van der Waals surface area (Å²) >= 11 is 0. The van der Waals surface area contributed by atoms with E-state index in [2.05, 4.69) is 49.4 Å². The number of methoxy groups -OCH3 is 1. The molecule has 0 amide bonds. The first-order valence-electron chi connectivity index (χ1n) is 8.75. The number of aryl methyl sites for hydroxylation is 1. The number of nitrogens with zero attached hydrogens (tertiary/aromatic N) is 5. The van der Waals surface area contributed by atoms with Crippen LogP contribution in [0, 0.1) is 0 Å². The van der Waals surface area contributed by atoms with E-state index in [9.17, 15) is 0 Å². The van der Waals surface area contributed by atoms with Crippen molar-refractivity contribution in [3.63, 3.8) is 0 Å². The van der Waals surface area contributed by atoms with Gasteiger partial charge in [0, 0.05) is 29.9 Å². The van der Waals surface area contributed by atoms with E-state index in [0.29, 0.717) is 6.54 Å². The molecule has 2 aromatic heterocycles. The van der Waals surface area contributed by atoms with Crippen molar-refractivity contribution in [3.8, 4) is 17.1 Å². The number of rotatable bonds is 6. The normalized spacial score (nSPS) is 11.2.